The maximum Gasteiger partial charge on any atom is 0.222 e. The van der Waals surface area contributed by atoms with Gasteiger partial charge in [0.2, 0.25) is 5.88 Å². The summed E-state index contributed by atoms with van der Waals surface area (Å²) in [6, 6.07) is 20.9. The van der Waals surface area contributed by atoms with Crippen LogP contribution in [0.4, 0.5) is 0 Å². The van der Waals surface area contributed by atoms with Crippen LogP contribution in [0.15, 0.2) is 60.7 Å². The van der Waals surface area contributed by atoms with E-state index < -0.39 is 0 Å². The largest absolute Gasteiger partial charge is 0.474 e. The Bertz CT molecular complexity index is 791. The summed E-state index contributed by atoms with van der Waals surface area (Å²) in [5.41, 5.74) is 3.25. The maximum atomic E-state index is 6.34. The highest BCUT2D eigenvalue weighted by atomic mass is 16.5. The summed E-state index contributed by atoms with van der Waals surface area (Å²) < 4.78 is 6.34. The average Bonchev–Trinajstić information content (AvgIpc) is 2.63. The molecule has 1 aliphatic carbocycles. The Kier molecular flexibility index (Phi) is 3.97. The topological polar surface area (TPSA) is 22.1 Å². The zero-order valence-corrected chi connectivity index (χ0v) is 13.2. The van der Waals surface area contributed by atoms with Crippen LogP contribution in [0.1, 0.15) is 32.1 Å². The molecule has 0 atom stereocenters. The monoisotopic (exact) mass is 303 g/mol. The smallest absolute Gasteiger partial charge is 0.222 e. The van der Waals surface area contributed by atoms with Gasteiger partial charge in [0.25, 0.3) is 0 Å². The summed E-state index contributed by atoms with van der Waals surface area (Å²) in [5, 5.41) is 1.15. The number of pyridine rings is 1. The van der Waals surface area contributed by atoms with Gasteiger partial charge >= 0.3 is 0 Å². The predicted molar refractivity (Wildman–Crippen MR) is 94.7 cm³/mol. The van der Waals surface area contributed by atoms with Crippen LogP contribution in [0, 0.1) is 0 Å². The number of benzene rings is 2. The number of aromatic nitrogens is 1. The first-order valence-corrected chi connectivity index (χ1v) is 8.52. The minimum atomic E-state index is 0.305. The molecule has 1 saturated carbocycles. The second-order valence-corrected chi connectivity index (χ2v) is 6.28. The van der Waals surface area contributed by atoms with Crippen molar-refractivity contribution in [3.05, 3.63) is 60.7 Å². The minimum Gasteiger partial charge on any atom is -0.474 e. The first-order valence-electron chi connectivity index (χ1n) is 8.52. The summed E-state index contributed by atoms with van der Waals surface area (Å²) in [4.78, 5) is 4.82. The Morgan fingerprint density at radius 2 is 1.57 bits per heavy atom. The highest BCUT2D eigenvalue weighted by Crippen LogP contribution is 2.33. The summed E-state index contributed by atoms with van der Waals surface area (Å²) in [7, 11) is 0. The molecule has 23 heavy (non-hydrogen) atoms. The van der Waals surface area contributed by atoms with E-state index in [-0.39, 0.29) is 0 Å². The van der Waals surface area contributed by atoms with E-state index in [0.717, 1.165) is 40.8 Å². The average molecular weight is 303 g/mol. The van der Waals surface area contributed by atoms with Gasteiger partial charge in [0.15, 0.2) is 0 Å². The normalized spacial score (nSPS) is 15.7. The Labute approximate surface area is 137 Å². The zero-order chi connectivity index (χ0) is 15.5. The van der Waals surface area contributed by atoms with Gasteiger partial charge in [0.05, 0.1) is 5.52 Å². The first-order chi connectivity index (χ1) is 11.4. The number of para-hydroxylation sites is 1. The first kappa shape index (κ1) is 14.3. The van der Waals surface area contributed by atoms with Crippen molar-refractivity contribution in [2.75, 3.05) is 0 Å². The number of hydrogen-bond acceptors (Lipinski definition) is 2. The molecule has 3 aromatic rings. The van der Waals surface area contributed by atoms with Gasteiger partial charge in [-0.25, -0.2) is 4.98 Å². The molecule has 0 amide bonds. The molecule has 0 bridgehead atoms. The highest BCUT2D eigenvalue weighted by Gasteiger charge is 2.18. The molecule has 0 aliphatic heterocycles. The van der Waals surface area contributed by atoms with Crippen molar-refractivity contribution < 1.29 is 4.74 Å². The van der Waals surface area contributed by atoms with Crippen molar-refractivity contribution in [1.82, 2.24) is 4.98 Å². The SMILES string of the molecule is c1ccc(-c2cc3ccccc3nc2OC2CCCCC2)cc1. The Morgan fingerprint density at radius 3 is 2.39 bits per heavy atom. The molecule has 0 N–H and O–H groups in total. The third-order valence-electron chi connectivity index (χ3n) is 4.60. The van der Waals surface area contributed by atoms with E-state index >= 15 is 0 Å². The van der Waals surface area contributed by atoms with Gasteiger partial charge in [-0.1, -0.05) is 55.0 Å². The molecule has 0 radical (unpaired) electrons. The lowest BCUT2D eigenvalue weighted by molar-refractivity contribution is 0.150. The lowest BCUT2D eigenvalue weighted by Crippen LogP contribution is -2.20. The molecule has 1 aliphatic rings. The van der Waals surface area contributed by atoms with Gasteiger partial charge in [-0.3, -0.25) is 0 Å². The third-order valence-corrected chi connectivity index (χ3v) is 4.60. The second kappa shape index (κ2) is 6.41. The second-order valence-electron chi connectivity index (χ2n) is 6.28. The number of fused-ring (bicyclic) bond motifs is 1. The molecule has 0 saturated heterocycles. The highest BCUT2D eigenvalue weighted by molar-refractivity contribution is 5.86. The van der Waals surface area contributed by atoms with E-state index in [4.69, 9.17) is 9.72 Å². The molecule has 116 valence electrons. The Hall–Kier alpha value is -2.35. The number of ether oxygens (including phenoxy) is 1. The van der Waals surface area contributed by atoms with Gasteiger partial charge in [-0.2, -0.15) is 0 Å². The lowest BCUT2D eigenvalue weighted by atomic mass is 9.97. The van der Waals surface area contributed by atoms with Gasteiger partial charge in [-0.05, 0) is 43.4 Å². The van der Waals surface area contributed by atoms with Crippen molar-refractivity contribution in [2.24, 2.45) is 0 Å². The molecule has 2 aromatic carbocycles. The summed E-state index contributed by atoms with van der Waals surface area (Å²) in [5.74, 6) is 0.779. The van der Waals surface area contributed by atoms with Gasteiger partial charge in [0, 0.05) is 10.9 Å². The van der Waals surface area contributed by atoms with E-state index in [0.29, 0.717) is 6.10 Å². The molecule has 2 nitrogen and oxygen atoms in total. The van der Waals surface area contributed by atoms with Crippen LogP contribution in [0.2, 0.25) is 0 Å². The molecule has 1 aromatic heterocycles. The summed E-state index contributed by atoms with van der Waals surface area (Å²) in [6.07, 6.45) is 6.44. The van der Waals surface area contributed by atoms with Gasteiger partial charge in [-0.15, -0.1) is 0 Å². The van der Waals surface area contributed by atoms with Crippen molar-refractivity contribution in [3.63, 3.8) is 0 Å². The van der Waals surface area contributed by atoms with E-state index in [9.17, 15) is 0 Å². The van der Waals surface area contributed by atoms with Crippen molar-refractivity contribution in [2.45, 2.75) is 38.2 Å². The molecule has 2 heteroatoms. The zero-order valence-electron chi connectivity index (χ0n) is 13.2. The molecule has 1 fully saturated rings. The van der Waals surface area contributed by atoms with E-state index in [1.54, 1.807) is 0 Å². The van der Waals surface area contributed by atoms with Crippen LogP contribution in [-0.2, 0) is 0 Å². The van der Waals surface area contributed by atoms with Crippen LogP contribution in [0.5, 0.6) is 5.88 Å². The van der Waals surface area contributed by atoms with Crippen LogP contribution >= 0.6 is 0 Å². The molecule has 0 unspecified atom stereocenters. The van der Waals surface area contributed by atoms with Crippen LogP contribution in [0.3, 0.4) is 0 Å². The quantitative estimate of drug-likeness (QED) is 0.627. The van der Waals surface area contributed by atoms with Crippen LogP contribution < -0.4 is 4.74 Å². The molecule has 0 spiro atoms. The predicted octanol–water partition coefficient (Wildman–Crippen LogP) is 5.61. The van der Waals surface area contributed by atoms with E-state index in [2.05, 4.69) is 48.5 Å². The molecular formula is C21H21NO. The molecule has 1 heterocycles. The van der Waals surface area contributed by atoms with E-state index in [1.807, 2.05) is 12.1 Å². The summed E-state index contributed by atoms with van der Waals surface area (Å²) in [6.45, 7) is 0. The maximum absolute atomic E-state index is 6.34. The van der Waals surface area contributed by atoms with E-state index in [1.165, 1.54) is 19.3 Å². The van der Waals surface area contributed by atoms with Crippen LogP contribution in [-0.4, -0.2) is 11.1 Å². The lowest BCUT2D eigenvalue weighted by Gasteiger charge is -2.24. The number of nitrogens with zero attached hydrogens (tertiary/aromatic N) is 1. The number of hydrogen-bond donors (Lipinski definition) is 0. The molecular weight excluding hydrogens is 282 g/mol. The third kappa shape index (κ3) is 3.07. The fourth-order valence-corrected chi connectivity index (χ4v) is 3.35. The standard InChI is InChI=1S/C21H21NO/c1-3-9-16(10-4-1)19-15-17-11-7-8-14-20(17)22-21(19)23-18-12-5-2-6-13-18/h1,3-4,7-11,14-15,18H,2,5-6,12-13H2. The van der Waals surface area contributed by atoms with Crippen molar-refractivity contribution >= 4 is 10.9 Å². The minimum absolute atomic E-state index is 0.305. The van der Waals surface area contributed by atoms with Crippen molar-refractivity contribution in [1.29, 1.82) is 0 Å². The Morgan fingerprint density at radius 1 is 0.826 bits per heavy atom. The van der Waals surface area contributed by atoms with Crippen molar-refractivity contribution in [3.8, 4) is 17.0 Å². The fraction of sp³-hybridized carbons (Fsp3) is 0.286. The van der Waals surface area contributed by atoms with Gasteiger partial charge < -0.3 is 4.74 Å². The molecule has 4 rings (SSSR count). The Balaban J connectivity index is 1.79. The van der Waals surface area contributed by atoms with Gasteiger partial charge in [0.1, 0.15) is 6.10 Å². The summed E-state index contributed by atoms with van der Waals surface area (Å²) >= 11 is 0. The van der Waals surface area contributed by atoms with Crippen LogP contribution in [0.25, 0.3) is 22.0 Å². The fourth-order valence-electron chi connectivity index (χ4n) is 3.35. The number of rotatable bonds is 3.